The summed E-state index contributed by atoms with van der Waals surface area (Å²) in [4.78, 5) is 10.00. The number of hydrogen-bond donors (Lipinski definition) is 0. The summed E-state index contributed by atoms with van der Waals surface area (Å²) in [5, 5.41) is 4.54. The monoisotopic (exact) mass is 524 g/mol. The first kappa shape index (κ1) is 23.4. The molecule has 0 bridgehead atoms. The van der Waals surface area contributed by atoms with Crippen molar-refractivity contribution >= 4 is 32.7 Å². The molecule has 0 aliphatic rings. The van der Waals surface area contributed by atoms with Gasteiger partial charge in [0.1, 0.15) is 11.2 Å². The zero-order valence-electron chi connectivity index (χ0n) is 22.2. The number of furan rings is 1. The van der Waals surface area contributed by atoms with Crippen LogP contribution in [0, 0.1) is 0 Å². The van der Waals surface area contributed by atoms with Gasteiger partial charge in [-0.15, -0.1) is 0 Å². The molecule has 0 radical (unpaired) electrons. The SMILES string of the molecule is c1ccc(-c2cc(-c3ccc4oc5c(-c6ccccc6)c6ccccc6cc5c4c3)nc(-c3ccccc3)n2)cc1. The Labute approximate surface area is 237 Å². The van der Waals surface area contributed by atoms with E-state index in [1.54, 1.807) is 0 Å². The van der Waals surface area contributed by atoms with Gasteiger partial charge in [-0.1, -0.05) is 115 Å². The van der Waals surface area contributed by atoms with E-state index in [9.17, 15) is 0 Å². The molecule has 0 N–H and O–H groups in total. The number of aromatic nitrogens is 2. The van der Waals surface area contributed by atoms with E-state index in [2.05, 4.69) is 103 Å². The molecule has 0 spiro atoms. The van der Waals surface area contributed by atoms with E-state index >= 15 is 0 Å². The third-order valence-corrected chi connectivity index (χ3v) is 7.67. The topological polar surface area (TPSA) is 38.9 Å². The van der Waals surface area contributed by atoms with E-state index in [0.717, 1.165) is 61.1 Å². The van der Waals surface area contributed by atoms with Crippen molar-refractivity contribution in [1.29, 1.82) is 0 Å². The zero-order chi connectivity index (χ0) is 27.2. The number of rotatable bonds is 4. The van der Waals surface area contributed by atoms with Crippen molar-refractivity contribution < 1.29 is 4.42 Å². The molecule has 3 heteroatoms. The molecule has 6 aromatic carbocycles. The molecule has 192 valence electrons. The van der Waals surface area contributed by atoms with Crippen molar-refractivity contribution in [3.8, 4) is 45.0 Å². The van der Waals surface area contributed by atoms with E-state index < -0.39 is 0 Å². The van der Waals surface area contributed by atoms with Crippen LogP contribution in [0.2, 0.25) is 0 Å². The van der Waals surface area contributed by atoms with Gasteiger partial charge >= 0.3 is 0 Å². The van der Waals surface area contributed by atoms with Crippen LogP contribution in [-0.4, -0.2) is 9.97 Å². The minimum absolute atomic E-state index is 0.705. The Kier molecular flexibility index (Phi) is 5.46. The molecule has 3 nitrogen and oxygen atoms in total. The standard InChI is InChI=1S/C38H24N2O/c1-4-12-25(13-5-1)33-24-34(40-38(39-33)27-16-8-3-9-17-27)29-20-21-35-31(23-29)32-22-28-18-10-11-19-30(28)36(37(32)41-35)26-14-6-2-7-15-26/h1-24H. The predicted octanol–water partition coefficient (Wildman–Crippen LogP) is 10.2. The Balaban J connectivity index is 1.37. The van der Waals surface area contributed by atoms with Gasteiger partial charge in [0.05, 0.1) is 11.4 Å². The lowest BCUT2D eigenvalue weighted by molar-refractivity contribution is 0.670. The van der Waals surface area contributed by atoms with Gasteiger partial charge in [0.25, 0.3) is 0 Å². The molecule has 0 fully saturated rings. The molecule has 0 saturated carbocycles. The van der Waals surface area contributed by atoms with E-state index in [1.807, 2.05) is 42.5 Å². The van der Waals surface area contributed by atoms with E-state index in [4.69, 9.17) is 14.4 Å². The van der Waals surface area contributed by atoms with E-state index in [1.165, 1.54) is 10.8 Å². The molecule has 2 aromatic heterocycles. The second-order valence-corrected chi connectivity index (χ2v) is 10.2. The lowest BCUT2D eigenvalue weighted by atomic mass is 9.95. The summed E-state index contributed by atoms with van der Waals surface area (Å²) in [6.07, 6.45) is 0. The van der Waals surface area contributed by atoms with Crippen LogP contribution < -0.4 is 0 Å². The van der Waals surface area contributed by atoms with Crippen molar-refractivity contribution in [3.63, 3.8) is 0 Å². The Morgan fingerprint density at radius 1 is 0.415 bits per heavy atom. The number of nitrogens with zero attached hydrogens (tertiary/aromatic N) is 2. The van der Waals surface area contributed by atoms with Gasteiger partial charge in [0.15, 0.2) is 5.82 Å². The lowest BCUT2D eigenvalue weighted by Crippen LogP contribution is -1.95. The minimum atomic E-state index is 0.705. The van der Waals surface area contributed by atoms with Crippen LogP contribution in [0.25, 0.3) is 77.7 Å². The van der Waals surface area contributed by atoms with E-state index in [0.29, 0.717) is 5.82 Å². The van der Waals surface area contributed by atoms with Crippen LogP contribution in [0.15, 0.2) is 150 Å². The van der Waals surface area contributed by atoms with Crippen LogP contribution in [0.3, 0.4) is 0 Å². The average Bonchev–Trinajstić information content (AvgIpc) is 3.42. The van der Waals surface area contributed by atoms with Crippen molar-refractivity contribution in [1.82, 2.24) is 9.97 Å². The maximum atomic E-state index is 6.59. The van der Waals surface area contributed by atoms with Gasteiger partial charge in [-0.3, -0.25) is 0 Å². The molecule has 0 aliphatic carbocycles. The van der Waals surface area contributed by atoms with Crippen LogP contribution in [0.5, 0.6) is 0 Å². The summed E-state index contributed by atoms with van der Waals surface area (Å²) in [5.41, 5.74) is 8.85. The highest BCUT2D eigenvalue weighted by molar-refractivity contribution is 6.18. The summed E-state index contributed by atoms with van der Waals surface area (Å²) < 4.78 is 6.59. The first-order valence-corrected chi connectivity index (χ1v) is 13.8. The van der Waals surface area contributed by atoms with Crippen molar-refractivity contribution in [2.75, 3.05) is 0 Å². The molecule has 0 atom stereocenters. The molecule has 8 rings (SSSR count). The van der Waals surface area contributed by atoms with Gasteiger partial charge in [0.2, 0.25) is 0 Å². The molecule has 8 aromatic rings. The fourth-order valence-electron chi connectivity index (χ4n) is 5.69. The Hall–Kier alpha value is -5.54. The normalized spacial score (nSPS) is 11.4. The summed E-state index contributed by atoms with van der Waals surface area (Å²) >= 11 is 0. The molecule has 0 amide bonds. The predicted molar refractivity (Wildman–Crippen MR) is 169 cm³/mol. The Morgan fingerprint density at radius 3 is 1.76 bits per heavy atom. The third-order valence-electron chi connectivity index (χ3n) is 7.67. The van der Waals surface area contributed by atoms with Gasteiger partial charge in [-0.25, -0.2) is 9.97 Å². The zero-order valence-corrected chi connectivity index (χ0v) is 22.2. The fourth-order valence-corrected chi connectivity index (χ4v) is 5.69. The van der Waals surface area contributed by atoms with Crippen molar-refractivity contribution in [3.05, 3.63) is 146 Å². The van der Waals surface area contributed by atoms with E-state index in [-0.39, 0.29) is 0 Å². The number of benzene rings is 6. The number of hydrogen-bond acceptors (Lipinski definition) is 3. The molecule has 2 heterocycles. The van der Waals surface area contributed by atoms with Gasteiger partial charge < -0.3 is 4.42 Å². The highest BCUT2D eigenvalue weighted by Gasteiger charge is 2.18. The first-order valence-electron chi connectivity index (χ1n) is 13.8. The smallest absolute Gasteiger partial charge is 0.160 e. The van der Waals surface area contributed by atoms with Crippen molar-refractivity contribution in [2.24, 2.45) is 0 Å². The van der Waals surface area contributed by atoms with Gasteiger partial charge in [-0.2, -0.15) is 0 Å². The third kappa shape index (κ3) is 4.07. The highest BCUT2D eigenvalue weighted by atomic mass is 16.3. The van der Waals surface area contributed by atoms with Gasteiger partial charge in [-0.05, 0) is 46.7 Å². The largest absolute Gasteiger partial charge is 0.455 e. The first-order chi connectivity index (χ1) is 20.3. The maximum Gasteiger partial charge on any atom is 0.160 e. The van der Waals surface area contributed by atoms with Crippen LogP contribution in [0.4, 0.5) is 0 Å². The second-order valence-electron chi connectivity index (χ2n) is 10.2. The number of fused-ring (bicyclic) bond motifs is 4. The minimum Gasteiger partial charge on any atom is -0.455 e. The molecule has 41 heavy (non-hydrogen) atoms. The Morgan fingerprint density at radius 2 is 1.02 bits per heavy atom. The molecular formula is C38H24N2O. The summed E-state index contributed by atoms with van der Waals surface area (Å²) in [6.45, 7) is 0. The van der Waals surface area contributed by atoms with Crippen LogP contribution >= 0.6 is 0 Å². The molecular weight excluding hydrogens is 500 g/mol. The van der Waals surface area contributed by atoms with Crippen molar-refractivity contribution in [2.45, 2.75) is 0 Å². The second kappa shape index (κ2) is 9.58. The van der Waals surface area contributed by atoms with Gasteiger partial charge in [0, 0.05) is 33.0 Å². The average molecular weight is 525 g/mol. The lowest BCUT2D eigenvalue weighted by Gasteiger charge is -2.09. The quantitative estimate of drug-likeness (QED) is 0.230. The van der Waals surface area contributed by atoms with Crippen LogP contribution in [-0.2, 0) is 0 Å². The molecule has 0 saturated heterocycles. The molecule has 0 aliphatic heterocycles. The fraction of sp³-hybridized carbons (Fsp3) is 0. The highest BCUT2D eigenvalue weighted by Crippen LogP contribution is 2.42. The summed E-state index contributed by atoms with van der Waals surface area (Å²) in [5.74, 6) is 0.705. The summed E-state index contributed by atoms with van der Waals surface area (Å²) in [7, 11) is 0. The maximum absolute atomic E-state index is 6.59. The Bertz CT molecular complexity index is 2130. The summed E-state index contributed by atoms with van der Waals surface area (Å²) in [6, 6.07) is 50.2. The van der Waals surface area contributed by atoms with Crippen LogP contribution in [0.1, 0.15) is 0 Å². The molecule has 0 unspecified atom stereocenters.